The van der Waals surface area contributed by atoms with E-state index >= 15 is 0 Å². The molecule has 20 heavy (non-hydrogen) atoms. The predicted molar refractivity (Wildman–Crippen MR) is 81.7 cm³/mol. The van der Waals surface area contributed by atoms with E-state index < -0.39 is 0 Å². The predicted octanol–water partition coefficient (Wildman–Crippen LogP) is 2.60. The SMILES string of the molecule is CCCNCc1ccc(N(CC2CC2)CC2CC2)nn1. The number of hydrogen-bond acceptors (Lipinski definition) is 4. The van der Waals surface area contributed by atoms with E-state index in [0.29, 0.717) is 0 Å². The zero-order chi connectivity index (χ0) is 13.8. The van der Waals surface area contributed by atoms with Crippen LogP contribution in [0.1, 0.15) is 44.7 Å². The topological polar surface area (TPSA) is 41.0 Å². The molecule has 0 amide bonds. The van der Waals surface area contributed by atoms with Gasteiger partial charge in [0.2, 0.25) is 0 Å². The largest absolute Gasteiger partial charge is 0.355 e. The Hall–Kier alpha value is -1.16. The smallest absolute Gasteiger partial charge is 0.151 e. The van der Waals surface area contributed by atoms with Crippen LogP contribution in [0.15, 0.2) is 12.1 Å². The van der Waals surface area contributed by atoms with E-state index in [-0.39, 0.29) is 0 Å². The maximum absolute atomic E-state index is 4.46. The highest BCUT2D eigenvalue weighted by atomic mass is 15.3. The van der Waals surface area contributed by atoms with E-state index in [1.807, 2.05) is 0 Å². The average Bonchev–Trinajstić information content (AvgIpc) is 3.35. The van der Waals surface area contributed by atoms with Crippen molar-refractivity contribution in [2.24, 2.45) is 11.8 Å². The second-order valence-corrected chi connectivity index (χ2v) is 6.35. The highest BCUT2D eigenvalue weighted by molar-refractivity contribution is 5.38. The van der Waals surface area contributed by atoms with Crippen LogP contribution in [0.5, 0.6) is 0 Å². The van der Waals surface area contributed by atoms with Crippen molar-refractivity contribution in [2.45, 2.75) is 45.6 Å². The first-order chi connectivity index (χ1) is 9.85. The van der Waals surface area contributed by atoms with Gasteiger partial charge in [0.05, 0.1) is 5.69 Å². The van der Waals surface area contributed by atoms with Gasteiger partial charge in [-0.3, -0.25) is 0 Å². The average molecular weight is 274 g/mol. The number of nitrogens with one attached hydrogen (secondary N) is 1. The van der Waals surface area contributed by atoms with Crippen molar-refractivity contribution in [3.63, 3.8) is 0 Å². The highest BCUT2D eigenvalue weighted by Crippen LogP contribution is 2.35. The van der Waals surface area contributed by atoms with Crippen LogP contribution in [-0.4, -0.2) is 29.8 Å². The van der Waals surface area contributed by atoms with Gasteiger partial charge in [0, 0.05) is 19.6 Å². The highest BCUT2D eigenvalue weighted by Gasteiger charge is 2.29. The fourth-order valence-electron chi connectivity index (χ4n) is 2.49. The number of hydrogen-bond donors (Lipinski definition) is 1. The quantitative estimate of drug-likeness (QED) is 0.703. The fourth-order valence-corrected chi connectivity index (χ4v) is 2.49. The second-order valence-electron chi connectivity index (χ2n) is 6.35. The van der Waals surface area contributed by atoms with Gasteiger partial charge in [-0.2, -0.15) is 5.10 Å². The Kier molecular flexibility index (Phi) is 4.51. The van der Waals surface area contributed by atoms with Gasteiger partial charge in [-0.25, -0.2) is 0 Å². The first-order valence-corrected chi connectivity index (χ1v) is 8.13. The zero-order valence-corrected chi connectivity index (χ0v) is 12.5. The summed E-state index contributed by atoms with van der Waals surface area (Å²) in [4.78, 5) is 2.46. The number of nitrogens with zero attached hydrogens (tertiary/aromatic N) is 3. The van der Waals surface area contributed by atoms with E-state index in [2.05, 4.69) is 39.5 Å². The van der Waals surface area contributed by atoms with Gasteiger partial charge in [0.15, 0.2) is 5.82 Å². The van der Waals surface area contributed by atoms with Crippen LogP contribution >= 0.6 is 0 Å². The molecule has 2 saturated carbocycles. The Morgan fingerprint density at radius 3 is 2.30 bits per heavy atom. The van der Waals surface area contributed by atoms with Crippen molar-refractivity contribution >= 4 is 5.82 Å². The van der Waals surface area contributed by atoms with Crippen LogP contribution in [0, 0.1) is 11.8 Å². The van der Waals surface area contributed by atoms with Gasteiger partial charge in [-0.05, 0) is 62.6 Å². The van der Waals surface area contributed by atoms with E-state index in [9.17, 15) is 0 Å². The molecule has 0 aliphatic heterocycles. The normalized spacial score (nSPS) is 18.2. The van der Waals surface area contributed by atoms with Crippen molar-refractivity contribution in [1.82, 2.24) is 15.5 Å². The fraction of sp³-hybridized carbons (Fsp3) is 0.750. The van der Waals surface area contributed by atoms with E-state index in [1.165, 1.54) is 38.8 Å². The lowest BCUT2D eigenvalue weighted by molar-refractivity contribution is 0.645. The summed E-state index contributed by atoms with van der Waals surface area (Å²) in [5.41, 5.74) is 1.04. The molecule has 1 heterocycles. The molecule has 1 N–H and O–H groups in total. The molecule has 2 aliphatic rings. The van der Waals surface area contributed by atoms with Crippen LogP contribution in [-0.2, 0) is 6.54 Å². The summed E-state index contributed by atoms with van der Waals surface area (Å²) in [5.74, 6) is 2.88. The summed E-state index contributed by atoms with van der Waals surface area (Å²) in [6.45, 7) is 6.40. The summed E-state index contributed by atoms with van der Waals surface area (Å²) >= 11 is 0. The molecule has 2 fully saturated rings. The molecule has 0 unspecified atom stereocenters. The Balaban J connectivity index is 1.57. The van der Waals surface area contributed by atoms with Crippen LogP contribution < -0.4 is 10.2 Å². The maximum Gasteiger partial charge on any atom is 0.151 e. The lowest BCUT2D eigenvalue weighted by Gasteiger charge is -2.23. The van der Waals surface area contributed by atoms with Crippen molar-refractivity contribution in [2.75, 3.05) is 24.5 Å². The molecule has 4 nitrogen and oxygen atoms in total. The molecular formula is C16H26N4. The molecule has 1 aromatic rings. The van der Waals surface area contributed by atoms with Crippen LogP contribution in [0.2, 0.25) is 0 Å². The third kappa shape index (κ3) is 4.17. The minimum atomic E-state index is 0.826. The molecular weight excluding hydrogens is 248 g/mol. The summed E-state index contributed by atoms with van der Waals surface area (Å²) in [5, 5.41) is 12.2. The third-order valence-electron chi connectivity index (χ3n) is 4.11. The maximum atomic E-state index is 4.46. The molecule has 0 aromatic carbocycles. The molecule has 0 bridgehead atoms. The minimum Gasteiger partial charge on any atom is -0.355 e. The Morgan fingerprint density at radius 2 is 1.80 bits per heavy atom. The van der Waals surface area contributed by atoms with E-state index in [4.69, 9.17) is 0 Å². The number of anilines is 1. The summed E-state index contributed by atoms with van der Waals surface area (Å²) in [6.07, 6.45) is 6.74. The lowest BCUT2D eigenvalue weighted by Crippen LogP contribution is -2.29. The molecule has 1 aromatic heterocycles. The molecule has 0 saturated heterocycles. The molecule has 110 valence electrons. The molecule has 0 spiro atoms. The minimum absolute atomic E-state index is 0.826. The zero-order valence-electron chi connectivity index (χ0n) is 12.5. The van der Waals surface area contributed by atoms with E-state index in [1.54, 1.807) is 0 Å². The van der Waals surface area contributed by atoms with Gasteiger partial charge in [-0.1, -0.05) is 6.92 Å². The Bertz CT molecular complexity index is 395. The second kappa shape index (κ2) is 6.53. The van der Waals surface area contributed by atoms with Crippen LogP contribution in [0.25, 0.3) is 0 Å². The Labute approximate surface area is 122 Å². The third-order valence-corrected chi connectivity index (χ3v) is 4.11. The Morgan fingerprint density at radius 1 is 1.10 bits per heavy atom. The molecule has 3 rings (SSSR count). The van der Waals surface area contributed by atoms with Crippen molar-refractivity contribution in [3.8, 4) is 0 Å². The first-order valence-electron chi connectivity index (χ1n) is 8.13. The van der Waals surface area contributed by atoms with E-state index in [0.717, 1.165) is 42.9 Å². The van der Waals surface area contributed by atoms with Crippen LogP contribution in [0.4, 0.5) is 5.82 Å². The van der Waals surface area contributed by atoms with Crippen molar-refractivity contribution in [1.29, 1.82) is 0 Å². The standard InChI is InChI=1S/C16H26N4/c1-2-9-17-10-15-7-8-16(19-18-15)20(11-13-3-4-13)12-14-5-6-14/h7-8,13-14,17H,2-6,9-12H2,1H3. The summed E-state index contributed by atoms with van der Waals surface area (Å²) in [6, 6.07) is 4.28. The van der Waals surface area contributed by atoms with Gasteiger partial charge >= 0.3 is 0 Å². The van der Waals surface area contributed by atoms with Gasteiger partial charge in [0.25, 0.3) is 0 Å². The van der Waals surface area contributed by atoms with Crippen LogP contribution in [0.3, 0.4) is 0 Å². The number of rotatable bonds is 9. The number of aromatic nitrogens is 2. The van der Waals surface area contributed by atoms with Gasteiger partial charge < -0.3 is 10.2 Å². The summed E-state index contributed by atoms with van der Waals surface area (Å²) < 4.78 is 0. The first kappa shape index (κ1) is 13.8. The van der Waals surface area contributed by atoms with Gasteiger partial charge in [-0.15, -0.1) is 5.10 Å². The molecule has 0 radical (unpaired) electrons. The molecule has 0 atom stereocenters. The summed E-state index contributed by atoms with van der Waals surface area (Å²) in [7, 11) is 0. The van der Waals surface area contributed by atoms with Crippen molar-refractivity contribution < 1.29 is 0 Å². The van der Waals surface area contributed by atoms with Gasteiger partial charge in [0.1, 0.15) is 0 Å². The monoisotopic (exact) mass is 274 g/mol. The lowest BCUT2D eigenvalue weighted by atomic mass is 10.3. The molecule has 4 heteroatoms. The molecule has 2 aliphatic carbocycles. The van der Waals surface area contributed by atoms with Crippen molar-refractivity contribution in [3.05, 3.63) is 17.8 Å².